The zero-order chi connectivity index (χ0) is 29.7. The highest BCUT2D eigenvalue weighted by atomic mass is 16.5. The van der Waals surface area contributed by atoms with Crippen molar-refractivity contribution in [2.24, 2.45) is 0 Å². The van der Waals surface area contributed by atoms with Crippen LogP contribution in [0.4, 0.5) is 5.69 Å². The summed E-state index contributed by atoms with van der Waals surface area (Å²) in [5.74, 6) is -0.418. The van der Waals surface area contributed by atoms with Crippen molar-refractivity contribution in [3.8, 4) is 0 Å². The molecule has 0 saturated heterocycles. The van der Waals surface area contributed by atoms with E-state index < -0.39 is 24.7 Å². The number of pyridine rings is 1. The number of methoxy groups -OCH3 is 1. The van der Waals surface area contributed by atoms with E-state index in [1.165, 1.54) is 7.11 Å². The van der Waals surface area contributed by atoms with Crippen LogP contribution in [-0.2, 0) is 21.5 Å². The van der Waals surface area contributed by atoms with E-state index in [1.54, 1.807) is 12.3 Å². The highest BCUT2D eigenvalue weighted by molar-refractivity contribution is 6.61. The van der Waals surface area contributed by atoms with Gasteiger partial charge in [-0.15, -0.1) is 0 Å². The molecule has 1 heterocycles. The predicted molar refractivity (Wildman–Crippen MR) is 168 cm³/mol. The molecule has 0 radical (unpaired) electrons. The van der Waals surface area contributed by atoms with Crippen LogP contribution in [0.3, 0.4) is 0 Å². The second kappa shape index (κ2) is 12.6. The van der Waals surface area contributed by atoms with Gasteiger partial charge in [0, 0.05) is 24.9 Å². The van der Waals surface area contributed by atoms with E-state index >= 15 is 0 Å². The van der Waals surface area contributed by atoms with Crippen molar-refractivity contribution >= 4 is 35.1 Å². The number of ether oxygens (including phenoxy) is 1. The Bertz CT molecular complexity index is 1550. The van der Waals surface area contributed by atoms with Crippen LogP contribution in [0.25, 0.3) is 10.9 Å². The Hall–Kier alpha value is -4.50. The number of anilines is 1. The summed E-state index contributed by atoms with van der Waals surface area (Å²) in [5.41, 5.74) is 4.45. The summed E-state index contributed by atoms with van der Waals surface area (Å²) in [4.78, 5) is 20.1. The van der Waals surface area contributed by atoms with Crippen LogP contribution in [0.1, 0.15) is 22.3 Å². The van der Waals surface area contributed by atoms with Gasteiger partial charge in [0.25, 0.3) is 0 Å². The second-order valence-corrected chi connectivity index (χ2v) is 10.4. The summed E-state index contributed by atoms with van der Waals surface area (Å²) in [5, 5.41) is 24.6. The average molecular weight is 559 g/mol. The lowest BCUT2D eigenvalue weighted by molar-refractivity contribution is -0.143. The van der Waals surface area contributed by atoms with Gasteiger partial charge in [-0.25, -0.2) is 0 Å². The molecule has 0 bridgehead atoms. The summed E-state index contributed by atoms with van der Waals surface area (Å²) in [7, 11) is 3.54. The first-order valence-corrected chi connectivity index (χ1v) is 13.8. The summed E-state index contributed by atoms with van der Waals surface area (Å²) < 4.78 is 5.37. The SMILES string of the molecule is COC(=O)[C@H](Cc1ccc(B(O)O)c2ncc(N(C)C)cc12)NC(c1ccccc1)(c1ccccc1)c1ccccc1. The van der Waals surface area contributed by atoms with Crippen molar-refractivity contribution in [2.45, 2.75) is 18.0 Å². The maximum Gasteiger partial charge on any atom is 0.490 e. The first kappa shape index (κ1) is 29.0. The van der Waals surface area contributed by atoms with E-state index in [-0.39, 0.29) is 6.42 Å². The molecule has 0 aliphatic rings. The van der Waals surface area contributed by atoms with E-state index in [0.717, 1.165) is 33.3 Å². The maximum atomic E-state index is 13.6. The fraction of sp³-hybridized carbons (Fsp3) is 0.176. The number of fused-ring (bicyclic) bond motifs is 1. The quantitative estimate of drug-likeness (QED) is 0.137. The van der Waals surface area contributed by atoms with E-state index in [0.29, 0.717) is 11.0 Å². The molecule has 1 aromatic heterocycles. The fourth-order valence-electron chi connectivity index (χ4n) is 5.55. The zero-order valence-electron chi connectivity index (χ0n) is 23.9. The molecule has 42 heavy (non-hydrogen) atoms. The highest BCUT2D eigenvalue weighted by Gasteiger charge is 2.40. The van der Waals surface area contributed by atoms with Crippen LogP contribution < -0.4 is 15.7 Å². The molecule has 1 atom stereocenters. The number of nitrogens with one attached hydrogen (secondary N) is 1. The number of carbonyl (C=O) groups excluding carboxylic acids is 1. The Morgan fingerprint density at radius 2 is 1.40 bits per heavy atom. The Morgan fingerprint density at radius 1 is 0.881 bits per heavy atom. The van der Waals surface area contributed by atoms with E-state index in [4.69, 9.17) is 4.74 Å². The molecule has 0 fully saturated rings. The predicted octanol–water partition coefficient (Wildman–Crippen LogP) is 3.65. The Balaban J connectivity index is 1.70. The lowest BCUT2D eigenvalue weighted by atomic mass is 9.75. The third kappa shape index (κ3) is 5.65. The van der Waals surface area contributed by atoms with Crippen molar-refractivity contribution in [3.63, 3.8) is 0 Å². The van der Waals surface area contributed by atoms with Crippen LogP contribution in [0, 0.1) is 0 Å². The summed E-state index contributed by atoms with van der Waals surface area (Å²) >= 11 is 0. The van der Waals surface area contributed by atoms with Gasteiger partial charge in [-0.05, 0) is 34.7 Å². The van der Waals surface area contributed by atoms with Gasteiger partial charge in [-0.1, -0.05) is 103 Å². The normalized spacial score (nSPS) is 12.1. The molecular weight excluding hydrogens is 525 g/mol. The number of esters is 1. The first-order valence-electron chi connectivity index (χ1n) is 13.8. The molecule has 5 aromatic rings. The third-order valence-electron chi connectivity index (χ3n) is 7.67. The zero-order valence-corrected chi connectivity index (χ0v) is 23.9. The van der Waals surface area contributed by atoms with Crippen LogP contribution in [-0.4, -0.2) is 55.4 Å². The maximum absolute atomic E-state index is 13.6. The number of aromatic nitrogens is 1. The molecule has 212 valence electrons. The monoisotopic (exact) mass is 559 g/mol. The minimum absolute atomic E-state index is 0.262. The molecule has 0 aliphatic heterocycles. The molecule has 5 rings (SSSR count). The van der Waals surface area contributed by atoms with Crippen molar-refractivity contribution in [1.29, 1.82) is 0 Å². The lowest BCUT2D eigenvalue weighted by Gasteiger charge is -2.39. The lowest BCUT2D eigenvalue weighted by Crippen LogP contribution is -2.53. The molecule has 0 spiro atoms. The molecule has 4 aromatic carbocycles. The minimum atomic E-state index is -1.68. The van der Waals surface area contributed by atoms with Crippen LogP contribution >= 0.6 is 0 Å². The van der Waals surface area contributed by atoms with Crippen LogP contribution in [0.2, 0.25) is 0 Å². The van der Waals surface area contributed by atoms with E-state index in [2.05, 4.69) is 46.7 Å². The minimum Gasteiger partial charge on any atom is -0.468 e. The molecule has 0 aliphatic carbocycles. The van der Waals surface area contributed by atoms with Gasteiger partial charge in [-0.2, -0.15) is 0 Å². The summed E-state index contributed by atoms with van der Waals surface area (Å²) in [6.45, 7) is 0. The second-order valence-electron chi connectivity index (χ2n) is 10.4. The van der Waals surface area contributed by atoms with Crippen molar-refractivity contribution in [2.75, 3.05) is 26.1 Å². The van der Waals surface area contributed by atoms with Gasteiger partial charge >= 0.3 is 13.1 Å². The van der Waals surface area contributed by atoms with Gasteiger partial charge < -0.3 is 19.7 Å². The van der Waals surface area contributed by atoms with E-state index in [1.807, 2.05) is 85.7 Å². The molecule has 0 unspecified atom stereocenters. The highest BCUT2D eigenvalue weighted by Crippen LogP contribution is 2.38. The third-order valence-corrected chi connectivity index (χ3v) is 7.67. The van der Waals surface area contributed by atoms with Crippen molar-refractivity contribution in [3.05, 3.63) is 138 Å². The Labute approximate surface area is 246 Å². The standard InChI is InChI=1S/C34H34BN3O4/c1-38(2)28-22-29-24(19-20-30(35(40)41)32(29)36-23-28)21-31(33(39)42-3)37-34(25-13-7-4-8-14-25,26-15-9-5-10-16-26)27-17-11-6-12-18-27/h4-20,22-23,31,37,40-41H,21H2,1-3H3/t31-/m0/s1. The van der Waals surface area contributed by atoms with Gasteiger partial charge in [0.1, 0.15) is 6.04 Å². The molecule has 0 amide bonds. The number of rotatable bonds is 10. The molecule has 0 saturated carbocycles. The summed E-state index contributed by atoms with van der Waals surface area (Å²) in [6, 6.07) is 34.9. The number of hydrogen-bond acceptors (Lipinski definition) is 7. The summed E-state index contributed by atoms with van der Waals surface area (Å²) in [6.07, 6.45) is 1.96. The number of nitrogens with zero attached hydrogens (tertiary/aromatic N) is 2. The van der Waals surface area contributed by atoms with Gasteiger partial charge in [0.05, 0.1) is 30.0 Å². The largest absolute Gasteiger partial charge is 0.490 e. The topological polar surface area (TPSA) is 94.9 Å². The smallest absolute Gasteiger partial charge is 0.468 e. The number of benzene rings is 4. The Morgan fingerprint density at radius 3 is 1.86 bits per heavy atom. The van der Waals surface area contributed by atoms with E-state index in [9.17, 15) is 14.8 Å². The molecule has 3 N–H and O–H groups in total. The number of carbonyl (C=O) groups is 1. The Kier molecular flexibility index (Phi) is 8.68. The van der Waals surface area contributed by atoms with Gasteiger partial charge in [-0.3, -0.25) is 15.1 Å². The molecular formula is C34H34BN3O4. The number of hydrogen-bond donors (Lipinski definition) is 3. The van der Waals surface area contributed by atoms with Crippen molar-refractivity contribution < 1.29 is 19.6 Å². The first-order chi connectivity index (χ1) is 20.3. The fourth-order valence-corrected chi connectivity index (χ4v) is 5.55. The van der Waals surface area contributed by atoms with Gasteiger partial charge in [0.15, 0.2) is 0 Å². The van der Waals surface area contributed by atoms with Gasteiger partial charge in [0.2, 0.25) is 0 Å². The van der Waals surface area contributed by atoms with Crippen molar-refractivity contribution in [1.82, 2.24) is 10.3 Å². The average Bonchev–Trinajstić information content (AvgIpc) is 3.03. The van der Waals surface area contributed by atoms with Crippen LogP contribution in [0.15, 0.2) is 115 Å². The molecule has 7 nitrogen and oxygen atoms in total. The molecule has 8 heteroatoms. The van der Waals surface area contributed by atoms with Crippen LogP contribution in [0.5, 0.6) is 0 Å².